The van der Waals surface area contributed by atoms with Crippen LogP contribution in [0.2, 0.25) is 0 Å². The third-order valence-corrected chi connectivity index (χ3v) is 2.74. The summed E-state index contributed by atoms with van der Waals surface area (Å²) in [5.41, 5.74) is -0.277. The quantitative estimate of drug-likeness (QED) is 0.722. The molecule has 1 rings (SSSR count). The highest BCUT2D eigenvalue weighted by atomic mass is 79.9. The zero-order valence-electron chi connectivity index (χ0n) is 9.45. The minimum atomic E-state index is -5.74. The van der Waals surface area contributed by atoms with Crippen molar-refractivity contribution in [2.24, 2.45) is 5.92 Å². The van der Waals surface area contributed by atoms with E-state index in [9.17, 15) is 35.5 Å². The van der Waals surface area contributed by atoms with Crippen LogP contribution < -0.4 is 0 Å². The van der Waals surface area contributed by atoms with Gasteiger partial charge in [0.25, 0.3) is 0 Å². The minimum absolute atomic E-state index is 0.107. The lowest BCUT2D eigenvalue weighted by Crippen LogP contribution is -2.43. The molecule has 112 valence electrons. The van der Waals surface area contributed by atoms with Gasteiger partial charge in [-0.15, -0.1) is 0 Å². The van der Waals surface area contributed by atoms with Crippen molar-refractivity contribution >= 4 is 21.7 Å². The standard InChI is InChI=1S/C11H6BrF7O/c12-6-1-5(2-7(13)4-6)3-8(20)9(10(14,15)16)11(17,18)19/h1-2,4,9H,3H2. The lowest BCUT2D eigenvalue weighted by atomic mass is 9.96. The highest BCUT2D eigenvalue weighted by Gasteiger charge is 2.60. The number of hydrogen-bond donors (Lipinski definition) is 0. The Kier molecular flexibility index (Phi) is 4.83. The van der Waals surface area contributed by atoms with E-state index in [4.69, 9.17) is 0 Å². The number of ketones is 1. The summed E-state index contributed by atoms with van der Waals surface area (Å²) >= 11 is 2.82. The fraction of sp³-hybridized carbons (Fsp3) is 0.364. The number of Topliss-reactive ketones (excluding diaryl/α,β-unsaturated/α-hetero) is 1. The van der Waals surface area contributed by atoms with E-state index in [1.807, 2.05) is 0 Å². The molecule has 0 heterocycles. The molecular weight excluding hydrogens is 361 g/mol. The first-order valence-electron chi connectivity index (χ1n) is 5.02. The molecule has 0 saturated carbocycles. The van der Waals surface area contributed by atoms with Crippen molar-refractivity contribution in [2.45, 2.75) is 18.8 Å². The third-order valence-electron chi connectivity index (χ3n) is 2.28. The second kappa shape index (κ2) is 5.71. The molecule has 0 amide bonds. The minimum Gasteiger partial charge on any atom is -0.298 e. The molecule has 1 aromatic carbocycles. The largest absolute Gasteiger partial charge is 0.407 e. The number of benzene rings is 1. The highest BCUT2D eigenvalue weighted by molar-refractivity contribution is 9.10. The highest BCUT2D eigenvalue weighted by Crippen LogP contribution is 2.40. The van der Waals surface area contributed by atoms with Gasteiger partial charge >= 0.3 is 12.4 Å². The molecule has 0 unspecified atom stereocenters. The first-order chi connectivity index (χ1) is 8.91. The Morgan fingerprint density at radius 3 is 1.95 bits per heavy atom. The Morgan fingerprint density at radius 2 is 1.55 bits per heavy atom. The number of hydrogen-bond acceptors (Lipinski definition) is 1. The van der Waals surface area contributed by atoms with E-state index in [2.05, 4.69) is 15.9 Å². The van der Waals surface area contributed by atoms with E-state index in [1.54, 1.807) is 0 Å². The van der Waals surface area contributed by atoms with Gasteiger partial charge in [-0.2, -0.15) is 26.3 Å². The van der Waals surface area contributed by atoms with E-state index in [-0.39, 0.29) is 10.0 Å². The number of halogens is 8. The van der Waals surface area contributed by atoms with E-state index < -0.39 is 36.3 Å². The Bertz CT molecular complexity index is 472. The molecule has 0 fully saturated rings. The SMILES string of the molecule is O=C(Cc1cc(F)cc(Br)c1)C(C(F)(F)F)C(F)(F)F. The van der Waals surface area contributed by atoms with E-state index in [0.717, 1.165) is 12.1 Å². The summed E-state index contributed by atoms with van der Waals surface area (Å²) in [5.74, 6) is -7.03. The molecule has 0 aromatic heterocycles. The van der Waals surface area contributed by atoms with Crippen LogP contribution in [0.3, 0.4) is 0 Å². The molecule has 0 bridgehead atoms. The predicted molar refractivity (Wildman–Crippen MR) is 58.4 cm³/mol. The Morgan fingerprint density at radius 1 is 1.05 bits per heavy atom. The van der Waals surface area contributed by atoms with Gasteiger partial charge in [0, 0.05) is 10.9 Å². The van der Waals surface area contributed by atoms with Crippen molar-refractivity contribution in [1.82, 2.24) is 0 Å². The van der Waals surface area contributed by atoms with Crippen LogP contribution in [0, 0.1) is 11.7 Å². The van der Waals surface area contributed by atoms with Crippen molar-refractivity contribution in [2.75, 3.05) is 0 Å². The van der Waals surface area contributed by atoms with Gasteiger partial charge in [0.15, 0.2) is 5.78 Å². The van der Waals surface area contributed by atoms with Gasteiger partial charge in [0.05, 0.1) is 0 Å². The van der Waals surface area contributed by atoms with Gasteiger partial charge in [-0.1, -0.05) is 15.9 Å². The maximum Gasteiger partial charge on any atom is 0.407 e. The lowest BCUT2D eigenvalue weighted by molar-refractivity contribution is -0.273. The number of carbonyl (C=O) groups excluding carboxylic acids is 1. The molecule has 0 aliphatic carbocycles. The van der Waals surface area contributed by atoms with Crippen LogP contribution in [0.4, 0.5) is 30.7 Å². The summed E-state index contributed by atoms with van der Waals surface area (Å²) in [6.07, 6.45) is -12.6. The van der Waals surface area contributed by atoms with Crippen LogP contribution in [0.25, 0.3) is 0 Å². The first-order valence-corrected chi connectivity index (χ1v) is 5.81. The maximum absolute atomic E-state index is 13.0. The zero-order chi connectivity index (χ0) is 15.7. The van der Waals surface area contributed by atoms with Crippen LogP contribution in [0.5, 0.6) is 0 Å². The van der Waals surface area contributed by atoms with Gasteiger partial charge in [0.2, 0.25) is 5.92 Å². The number of rotatable bonds is 3. The maximum atomic E-state index is 13.0. The molecule has 0 N–H and O–H groups in total. The summed E-state index contributed by atoms with van der Waals surface area (Å²) in [6.45, 7) is 0. The van der Waals surface area contributed by atoms with Crippen molar-refractivity contribution < 1.29 is 35.5 Å². The molecule has 1 nitrogen and oxygen atoms in total. The molecule has 1 aromatic rings. The summed E-state index contributed by atoms with van der Waals surface area (Å²) in [5, 5.41) is 0. The van der Waals surface area contributed by atoms with Gasteiger partial charge in [-0.3, -0.25) is 4.79 Å². The molecular formula is C11H6BrF7O. The van der Waals surface area contributed by atoms with Crippen molar-refractivity contribution in [3.63, 3.8) is 0 Å². The topological polar surface area (TPSA) is 17.1 Å². The van der Waals surface area contributed by atoms with E-state index in [1.165, 1.54) is 0 Å². The zero-order valence-corrected chi connectivity index (χ0v) is 11.0. The average Bonchev–Trinajstić information content (AvgIpc) is 2.08. The van der Waals surface area contributed by atoms with Gasteiger partial charge in [-0.05, 0) is 23.8 Å². The van der Waals surface area contributed by atoms with Crippen molar-refractivity contribution in [3.05, 3.63) is 34.1 Å². The fourth-order valence-electron chi connectivity index (χ4n) is 1.57. The third kappa shape index (κ3) is 4.46. The number of alkyl halides is 6. The van der Waals surface area contributed by atoms with Gasteiger partial charge in [-0.25, -0.2) is 4.39 Å². The van der Waals surface area contributed by atoms with Crippen molar-refractivity contribution in [1.29, 1.82) is 0 Å². The lowest BCUT2D eigenvalue weighted by Gasteiger charge is -2.21. The molecule has 0 atom stereocenters. The van der Waals surface area contributed by atoms with Crippen LogP contribution >= 0.6 is 15.9 Å². The molecule has 0 saturated heterocycles. The smallest absolute Gasteiger partial charge is 0.298 e. The second-order valence-corrected chi connectivity index (χ2v) is 4.85. The summed E-state index contributed by atoms with van der Waals surface area (Å²) in [6, 6.07) is 2.73. The molecule has 0 spiro atoms. The first kappa shape index (κ1) is 16.9. The van der Waals surface area contributed by atoms with E-state index >= 15 is 0 Å². The van der Waals surface area contributed by atoms with Crippen LogP contribution in [-0.2, 0) is 11.2 Å². The normalized spacial score (nSPS) is 12.8. The van der Waals surface area contributed by atoms with Crippen LogP contribution in [-0.4, -0.2) is 18.1 Å². The van der Waals surface area contributed by atoms with Crippen molar-refractivity contribution in [3.8, 4) is 0 Å². The molecule has 9 heteroatoms. The Hall–Kier alpha value is -1.12. The summed E-state index contributed by atoms with van der Waals surface area (Å²) in [7, 11) is 0. The predicted octanol–water partition coefficient (Wildman–Crippen LogP) is 4.44. The molecule has 0 radical (unpaired) electrons. The van der Waals surface area contributed by atoms with E-state index in [0.29, 0.717) is 6.07 Å². The molecule has 0 aliphatic rings. The second-order valence-electron chi connectivity index (χ2n) is 3.94. The summed E-state index contributed by atoms with van der Waals surface area (Å²) in [4.78, 5) is 11.3. The monoisotopic (exact) mass is 366 g/mol. The number of carbonyl (C=O) groups is 1. The fourth-order valence-corrected chi connectivity index (χ4v) is 2.08. The van der Waals surface area contributed by atoms with Crippen LogP contribution in [0.15, 0.2) is 22.7 Å². The van der Waals surface area contributed by atoms with Gasteiger partial charge < -0.3 is 0 Å². The Balaban J connectivity index is 3.03. The van der Waals surface area contributed by atoms with Crippen LogP contribution in [0.1, 0.15) is 5.56 Å². The molecule has 0 aliphatic heterocycles. The molecule has 20 heavy (non-hydrogen) atoms. The Labute approximate surface area is 116 Å². The average molecular weight is 367 g/mol. The summed E-state index contributed by atoms with van der Waals surface area (Å²) < 4.78 is 86.9. The van der Waals surface area contributed by atoms with Gasteiger partial charge in [0.1, 0.15) is 5.82 Å².